The van der Waals surface area contributed by atoms with Gasteiger partial charge in [-0.3, -0.25) is 28.8 Å². The van der Waals surface area contributed by atoms with Gasteiger partial charge in [-0.2, -0.15) is 0 Å². The summed E-state index contributed by atoms with van der Waals surface area (Å²) in [5, 5.41) is 0. The summed E-state index contributed by atoms with van der Waals surface area (Å²) < 4.78 is 36.7. The molecular formula is C111H190O12. The van der Waals surface area contributed by atoms with Crippen LogP contribution < -0.4 is 0 Å². The third-order valence-electron chi connectivity index (χ3n) is 39.7. The van der Waals surface area contributed by atoms with Crippen molar-refractivity contribution >= 4 is 35.8 Å². The van der Waals surface area contributed by atoms with Gasteiger partial charge >= 0.3 is 35.8 Å². The molecule has 20 aliphatic rings. The lowest BCUT2D eigenvalue weighted by atomic mass is 9.45. The first-order chi connectivity index (χ1) is 57.6. The number of hydrogen-bond donors (Lipinski definition) is 0. The van der Waals surface area contributed by atoms with Crippen LogP contribution in [0.3, 0.4) is 0 Å². The average molecular weight is 1720 g/mol. The van der Waals surface area contributed by atoms with Crippen molar-refractivity contribution in [2.75, 3.05) is 0 Å². The molecular weight excluding hydrogens is 1530 g/mol. The molecule has 12 nitrogen and oxygen atoms in total. The van der Waals surface area contributed by atoms with E-state index in [4.69, 9.17) is 28.4 Å². The van der Waals surface area contributed by atoms with Gasteiger partial charge in [0, 0.05) is 21.7 Å². The number of fused-ring (bicyclic) bond motifs is 2. The zero-order valence-electron chi connectivity index (χ0n) is 84.3. The molecule has 0 saturated heterocycles. The third-order valence-corrected chi connectivity index (χ3v) is 39.7. The quantitative estimate of drug-likeness (QED) is 0.0540. The second-order valence-electron chi connectivity index (χ2n) is 50.6. The molecule has 0 aromatic heterocycles. The van der Waals surface area contributed by atoms with Gasteiger partial charge in [-0.15, -0.1) is 0 Å². The number of unbranched alkanes of at least 4 members (excludes halogenated alkanes) is 2. The van der Waals surface area contributed by atoms with Gasteiger partial charge in [0.05, 0.1) is 34.0 Å². The fraction of sp³-hybridized carbons (Fsp3) is 0.946. The van der Waals surface area contributed by atoms with E-state index in [0.717, 1.165) is 178 Å². The molecule has 0 N–H and O–H groups in total. The highest BCUT2D eigenvalue weighted by atomic mass is 16.6. The number of hydrogen-bond acceptors (Lipinski definition) is 12. The first-order valence-corrected chi connectivity index (χ1v) is 53.0. The van der Waals surface area contributed by atoms with Crippen molar-refractivity contribution in [2.24, 2.45) is 150 Å². The van der Waals surface area contributed by atoms with Crippen molar-refractivity contribution in [3.8, 4) is 0 Å². The Labute approximate surface area is 753 Å². The lowest BCUT2D eigenvalue weighted by Gasteiger charge is -2.62. The molecule has 123 heavy (non-hydrogen) atoms. The van der Waals surface area contributed by atoms with Crippen LogP contribution in [-0.4, -0.2) is 69.4 Å². The fourth-order valence-corrected chi connectivity index (χ4v) is 30.5. The molecule has 0 heterocycles. The van der Waals surface area contributed by atoms with Crippen LogP contribution in [0.15, 0.2) is 0 Å². The van der Waals surface area contributed by atoms with Crippen LogP contribution in [0.2, 0.25) is 0 Å². The van der Waals surface area contributed by atoms with Crippen LogP contribution in [0, 0.1) is 150 Å². The molecule has 0 amide bonds. The van der Waals surface area contributed by atoms with Crippen LogP contribution in [0.4, 0.5) is 0 Å². The predicted molar refractivity (Wildman–Crippen MR) is 500 cm³/mol. The van der Waals surface area contributed by atoms with E-state index in [1.165, 1.54) is 225 Å². The molecule has 0 radical (unpaired) electrons. The number of rotatable bonds is 28. The van der Waals surface area contributed by atoms with Gasteiger partial charge in [0.2, 0.25) is 0 Å². The molecule has 0 aromatic rings. The van der Waals surface area contributed by atoms with E-state index in [1.54, 1.807) is 0 Å². The maximum atomic E-state index is 12.9. The minimum atomic E-state index is -0.365. The Morgan fingerprint density at radius 1 is 0.317 bits per heavy atom. The Hall–Kier alpha value is -3.18. The maximum absolute atomic E-state index is 12.9. The summed E-state index contributed by atoms with van der Waals surface area (Å²) in [7, 11) is 0. The number of carbonyl (C=O) groups is 6. The Balaban J connectivity index is 0.000000144. The molecule has 12 heteroatoms. The van der Waals surface area contributed by atoms with Crippen LogP contribution >= 0.6 is 0 Å². The summed E-state index contributed by atoms with van der Waals surface area (Å²) in [5.74, 6) is 14.3. The first-order valence-electron chi connectivity index (χ1n) is 53.0. The lowest BCUT2D eigenvalue weighted by molar-refractivity contribution is -0.213. The third kappa shape index (κ3) is 21.9. The second-order valence-corrected chi connectivity index (χ2v) is 50.6. The molecule has 20 aliphatic carbocycles. The normalized spacial score (nSPS) is 38.4. The number of carbonyl (C=O) groups excluding carboxylic acids is 6. The summed E-state index contributed by atoms with van der Waals surface area (Å²) in [4.78, 5) is 74.6. The minimum absolute atomic E-state index is 0.00750. The SMILES string of the molecule is CCC(C)(C)C(=O)OC(C)(C)C12CC3CC(CC1C3)C2.CCC(C)(C)C(=O)OC1(C)CCC2CCCCC2C1.CCC(C)C(=O)OC(C)(C)C12CC3CC(CC1C3)C2.CCC(C)C(=O)OC1(C)CCC2CCCCC2C1.CCCCC(C)(OC(=O)C(C)(C)CC)C12CC3CC(CC(C3)C1)C2.CCCCC(C)(OC(=O)C(C)CC)C12CC3CC(CC(C3)C1)C2. The minimum Gasteiger partial charge on any atom is -0.459 e. The summed E-state index contributed by atoms with van der Waals surface area (Å²) in [5.41, 5.74) is -1.41. The fourth-order valence-electron chi connectivity index (χ4n) is 30.5. The Bertz CT molecular complexity index is 3420. The summed E-state index contributed by atoms with van der Waals surface area (Å²) in [6, 6.07) is 0. The van der Waals surface area contributed by atoms with E-state index in [-0.39, 0.29) is 120 Å². The second kappa shape index (κ2) is 39.7. The van der Waals surface area contributed by atoms with Gasteiger partial charge in [-0.05, 0) is 436 Å². The topological polar surface area (TPSA) is 158 Å². The Morgan fingerprint density at radius 2 is 0.602 bits per heavy atom. The monoisotopic (exact) mass is 1720 g/mol. The molecule has 20 rings (SSSR count). The summed E-state index contributed by atoms with van der Waals surface area (Å²) in [6.45, 7) is 52.5. The average Bonchev–Trinajstić information content (AvgIpc) is 1.62. The molecule has 20 fully saturated rings. The number of ether oxygens (including phenoxy) is 6. The molecule has 0 spiro atoms. The van der Waals surface area contributed by atoms with Crippen molar-refractivity contribution in [3.05, 3.63) is 0 Å². The molecule has 706 valence electrons. The van der Waals surface area contributed by atoms with Gasteiger partial charge in [-0.1, -0.05) is 140 Å². The smallest absolute Gasteiger partial charge is 0.312 e. The maximum Gasteiger partial charge on any atom is 0.312 e. The molecule has 15 atom stereocenters. The lowest BCUT2D eigenvalue weighted by Crippen LogP contribution is -2.59. The summed E-state index contributed by atoms with van der Waals surface area (Å²) in [6.07, 6.45) is 59.9. The van der Waals surface area contributed by atoms with Crippen molar-refractivity contribution in [2.45, 2.75) is 515 Å². The van der Waals surface area contributed by atoms with E-state index in [2.05, 4.69) is 104 Å². The zero-order chi connectivity index (χ0) is 90.1. The van der Waals surface area contributed by atoms with Gasteiger partial charge in [0.25, 0.3) is 0 Å². The highest BCUT2D eigenvalue weighted by Gasteiger charge is 2.68. The summed E-state index contributed by atoms with van der Waals surface area (Å²) >= 11 is 0. The highest BCUT2D eigenvalue weighted by molar-refractivity contribution is 5.78. The van der Waals surface area contributed by atoms with E-state index in [0.29, 0.717) is 5.41 Å². The van der Waals surface area contributed by atoms with Crippen LogP contribution in [0.1, 0.15) is 481 Å². The van der Waals surface area contributed by atoms with Crippen LogP contribution in [0.25, 0.3) is 0 Å². The van der Waals surface area contributed by atoms with Crippen LogP contribution in [-0.2, 0) is 57.2 Å². The van der Waals surface area contributed by atoms with Crippen molar-refractivity contribution in [1.82, 2.24) is 0 Å². The van der Waals surface area contributed by atoms with Crippen LogP contribution in [0.5, 0.6) is 0 Å². The van der Waals surface area contributed by atoms with Gasteiger partial charge < -0.3 is 28.4 Å². The van der Waals surface area contributed by atoms with E-state index in [9.17, 15) is 28.8 Å². The van der Waals surface area contributed by atoms with Gasteiger partial charge in [0.1, 0.15) is 33.6 Å². The molecule has 0 aliphatic heterocycles. The predicted octanol–water partition coefficient (Wildman–Crippen LogP) is 29.7. The Morgan fingerprint density at radius 3 is 0.935 bits per heavy atom. The zero-order valence-corrected chi connectivity index (χ0v) is 84.3. The van der Waals surface area contributed by atoms with E-state index in [1.807, 2.05) is 69.2 Å². The molecule has 15 unspecified atom stereocenters. The van der Waals surface area contributed by atoms with Crippen molar-refractivity contribution in [3.63, 3.8) is 0 Å². The Kier molecular flexibility index (Phi) is 32.4. The standard InChI is InChI=1S/C22H38O2.C21H36O2.C18H30O2.C17H28O2.C17H30O2.C16H28O2/c1-6-8-9-21(5,24-19(23)20(3,4)7-2)22-13-16-10-17(14-22)12-18(11-16)15-22;1-5-7-8-20(4,23-19(22)15(3)6-2)21-12-16-9-17(13-21)11-18(10-16)14-21;1-6-16(2,3)15(19)20-17(4,5)18-10-12-7-13(11-18)9-14(18)8-12;1-5-11(2)15(18)19-16(3,4)17-9-12-6-13(10-17)8-14(17)7-12;1-5-16(2,3)15(18)19-17(4)11-10-13-8-6-7-9-14(13)12-17;1-4-12(2)15(17)18-16(3)10-9-13-7-5-6-8-14(13)11-16/h16-18H,6-15H2,1-5H3;15-18H,5-14H2,1-4H3;12-14H,6-11H2,1-5H3;11-14H,5-10H2,1-4H3;13-14H,5-12H2,1-4H3;12-14H,4-11H2,1-3H3. The van der Waals surface area contributed by atoms with Gasteiger partial charge in [0.15, 0.2) is 0 Å². The highest BCUT2D eigenvalue weighted by Crippen LogP contribution is 2.73. The van der Waals surface area contributed by atoms with Gasteiger partial charge in [-0.25, -0.2) is 0 Å². The first kappa shape index (κ1) is 100. The van der Waals surface area contributed by atoms with Crippen molar-refractivity contribution < 1.29 is 57.2 Å². The van der Waals surface area contributed by atoms with E-state index < -0.39 is 0 Å². The molecule has 20 saturated carbocycles. The van der Waals surface area contributed by atoms with E-state index >= 15 is 0 Å². The van der Waals surface area contributed by atoms with Crippen molar-refractivity contribution in [1.29, 1.82) is 0 Å². The largest absolute Gasteiger partial charge is 0.459 e. The number of esters is 6. The molecule has 16 bridgehead atoms. The molecule has 0 aromatic carbocycles.